The smallest absolute Gasteiger partial charge is 0.241 e. The minimum Gasteiger partial charge on any atom is -0.379 e. The lowest BCUT2D eigenvalue weighted by molar-refractivity contribution is -0.171. The van der Waals surface area contributed by atoms with Gasteiger partial charge in [-0.1, -0.05) is 13.8 Å². The average Bonchev–Trinajstić information content (AvgIpc) is 2.39. The van der Waals surface area contributed by atoms with Crippen LogP contribution in [-0.4, -0.2) is 43.4 Å². The van der Waals surface area contributed by atoms with Crippen molar-refractivity contribution in [3.63, 3.8) is 0 Å². The summed E-state index contributed by atoms with van der Waals surface area (Å²) in [6, 6.07) is 0.101. The Labute approximate surface area is 127 Å². The number of halogens is 1. The van der Waals surface area contributed by atoms with E-state index in [1.807, 2.05) is 20.8 Å². The number of carbonyl (C=O) groups is 1. The first-order valence-corrected chi connectivity index (χ1v) is 7.21. The molecule has 3 N–H and O–H groups in total. The zero-order chi connectivity index (χ0) is 14.1. The van der Waals surface area contributed by atoms with Crippen molar-refractivity contribution in [2.45, 2.75) is 57.7 Å². The molecule has 1 aliphatic heterocycles. The first-order valence-electron chi connectivity index (χ1n) is 7.21. The lowest BCUT2D eigenvalue weighted by Crippen LogP contribution is -2.76. The Kier molecular flexibility index (Phi) is 5.84. The van der Waals surface area contributed by atoms with Crippen LogP contribution in [0.3, 0.4) is 0 Å². The van der Waals surface area contributed by atoms with Crippen LogP contribution in [0.15, 0.2) is 0 Å². The maximum absolute atomic E-state index is 12.4. The Hall–Kier alpha value is -0.360. The number of hydrogen-bond donors (Lipinski definition) is 2. The molecule has 2 rings (SSSR count). The van der Waals surface area contributed by atoms with Gasteiger partial charge in [0.2, 0.25) is 5.91 Å². The van der Waals surface area contributed by atoms with Gasteiger partial charge in [0.05, 0.1) is 18.8 Å². The lowest BCUT2D eigenvalue weighted by Gasteiger charge is -2.57. The Bertz CT molecular complexity index is 345. The van der Waals surface area contributed by atoms with Crippen LogP contribution in [0, 0.1) is 5.41 Å². The molecule has 0 aromatic carbocycles. The van der Waals surface area contributed by atoms with Crippen LogP contribution in [0.2, 0.25) is 0 Å². The van der Waals surface area contributed by atoms with Crippen LogP contribution in [0.1, 0.15) is 40.0 Å². The van der Waals surface area contributed by atoms with Crippen LogP contribution < -0.4 is 11.1 Å². The molecule has 0 radical (unpaired) electrons. The molecule has 1 saturated heterocycles. The van der Waals surface area contributed by atoms with Gasteiger partial charge in [-0.15, -0.1) is 12.4 Å². The summed E-state index contributed by atoms with van der Waals surface area (Å²) in [5.74, 6) is -0.0658. The molecule has 0 aromatic heterocycles. The second-order valence-corrected chi connectivity index (χ2v) is 6.23. The summed E-state index contributed by atoms with van der Waals surface area (Å²) < 4.78 is 11.0. The van der Waals surface area contributed by atoms with Gasteiger partial charge >= 0.3 is 0 Å². The molecular weight excluding hydrogens is 280 g/mol. The Morgan fingerprint density at radius 2 is 2.20 bits per heavy atom. The van der Waals surface area contributed by atoms with E-state index in [-0.39, 0.29) is 35.9 Å². The number of ether oxygens (including phenoxy) is 2. The third kappa shape index (κ3) is 2.96. The second-order valence-electron chi connectivity index (χ2n) is 6.23. The molecule has 6 heteroatoms. The van der Waals surface area contributed by atoms with Gasteiger partial charge in [0.1, 0.15) is 5.54 Å². The number of carbonyl (C=O) groups excluding carboxylic acids is 1. The van der Waals surface area contributed by atoms with Crippen LogP contribution in [-0.2, 0) is 14.3 Å². The van der Waals surface area contributed by atoms with Crippen LogP contribution in [0.25, 0.3) is 0 Å². The molecule has 1 saturated carbocycles. The highest BCUT2D eigenvalue weighted by molar-refractivity contribution is 5.89. The molecule has 1 heterocycles. The van der Waals surface area contributed by atoms with Crippen molar-refractivity contribution >= 4 is 18.3 Å². The van der Waals surface area contributed by atoms with Crippen molar-refractivity contribution in [1.29, 1.82) is 0 Å². The van der Waals surface area contributed by atoms with Crippen molar-refractivity contribution in [2.75, 3.05) is 19.8 Å². The first-order chi connectivity index (χ1) is 8.91. The molecule has 0 aromatic rings. The molecule has 1 amide bonds. The van der Waals surface area contributed by atoms with Gasteiger partial charge < -0.3 is 20.5 Å². The highest BCUT2D eigenvalue weighted by Crippen LogP contribution is 2.49. The molecule has 2 fully saturated rings. The van der Waals surface area contributed by atoms with Gasteiger partial charge in [-0.05, 0) is 19.8 Å². The predicted molar refractivity (Wildman–Crippen MR) is 80.0 cm³/mol. The fourth-order valence-electron chi connectivity index (χ4n) is 2.99. The number of amides is 1. The van der Waals surface area contributed by atoms with Gasteiger partial charge in [0.15, 0.2) is 0 Å². The topological polar surface area (TPSA) is 73.6 Å². The molecular formula is C14H27ClN2O3. The normalized spacial score (nSPS) is 35.6. The average molecular weight is 307 g/mol. The van der Waals surface area contributed by atoms with E-state index in [9.17, 15) is 4.79 Å². The van der Waals surface area contributed by atoms with E-state index in [0.717, 1.165) is 19.4 Å². The lowest BCUT2D eigenvalue weighted by atomic mass is 9.54. The van der Waals surface area contributed by atoms with Gasteiger partial charge in [0, 0.05) is 25.0 Å². The summed E-state index contributed by atoms with van der Waals surface area (Å²) in [6.07, 6.45) is 2.62. The maximum atomic E-state index is 12.4. The summed E-state index contributed by atoms with van der Waals surface area (Å²) in [7, 11) is 0. The first kappa shape index (κ1) is 17.7. The minimum absolute atomic E-state index is 0. The van der Waals surface area contributed by atoms with Crippen molar-refractivity contribution in [3.8, 4) is 0 Å². The molecule has 1 aliphatic carbocycles. The zero-order valence-corrected chi connectivity index (χ0v) is 13.4. The van der Waals surface area contributed by atoms with Gasteiger partial charge in [0.25, 0.3) is 0 Å². The molecule has 2 aliphatic rings. The number of nitrogens with two attached hydrogens (primary N) is 1. The SMILES string of the molecule is CCOC1CC(N)(C(=O)NC2CCCOC2)C1(C)C.Cl. The monoisotopic (exact) mass is 306 g/mol. The van der Waals surface area contributed by atoms with E-state index in [0.29, 0.717) is 19.6 Å². The Morgan fingerprint density at radius 3 is 2.70 bits per heavy atom. The quantitative estimate of drug-likeness (QED) is 0.819. The molecule has 118 valence electrons. The summed E-state index contributed by atoms with van der Waals surface area (Å²) in [5.41, 5.74) is 5.17. The van der Waals surface area contributed by atoms with E-state index >= 15 is 0 Å². The van der Waals surface area contributed by atoms with Crippen LogP contribution >= 0.6 is 12.4 Å². The van der Waals surface area contributed by atoms with E-state index in [2.05, 4.69) is 5.32 Å². The number of rotatable bonds is 4. The zero-order valence-electron chi connectivity index (χ0n) is 12.6. The maximum Gasteiger partial charge on any atom is 0.241 e. The molecule has 3 atom stereocenters. The van der Waals surface area contributed by atoms with Gasteiger partial charge in [-0.3, -0.25) is 4.79 Å². The Balaban J connectivity index is 0.00000200. The fraction of sp³-hybridized carbons (Fsp3) is 0.929. The molecule has 5 nitrogen and oxygen atoms in total. The molecule has 3 unspecified atom stereocenters. The largest absolute Gasteiger partial charge is 0.379 e. The standard InChI is InChI=1S/C14H26N2O3.ClH/c1-4-19-11-8-14(15,13(11,2)3)12(17)16-10-6-5-7-18-9-10;/h10-11H,4-9,15H2,1-3H3,(H,16,17);1H. The van der Waals surface area contributed by atoms with Crippen molar-refractivity contribution in [3.05, 3.63) is 0 Å². The summed E-state index contributed by atoms with van der Waals surface area (Å²) >= 11 is 0. The number of nitrogens with one attached hydrogen (secondary N) is 1. The highest BCUT2D eigenvalue weighted by Gasteiger charge is 2.63. The van der Waals surface area contributed by atoms with Gasteiger partial charge in [-0.2, -0.15) is 0 Å². The summed E-state index contributed by atoms with van der Waals surface area (Å²) in [6.45, 7) is 8.02. The van der Waals surface area contributed by atoms with Crippen molar-refractivity contribution in [2.24, 2.45) is 11.1 Å². The Morgan fingerprint density at radius 1 is 1.50 bits per heavy atom. The highest BCUT2D eigenvalue weighted by atomic mass is 35.5. The van der Waals surface area contributed by atoms with E-state index in [1.54, 1.807) is 0 Å². The van der Waals surface area contributed by atoms with E-state index in [1.165, 1.54) is 0 Å². The van der Waals surface area contributed by atoms with E-state index in [4.69, 9.17) is 15.2 Å². The van der Waals surface area contributed by atoms with Gasteiger partial charge in [-0.25, -0.2) is 0 Å². The number of hydrogen-bond acceptors (Lipinski definition) is 4. The third-order valence-corrected chi connectivity index (χ3v) is 4.73. The van der Waals surface area contributed by atoms with Crippen LogP contribution in [0.5, 0.6) is 0 Å². The minimum atomic E-state index is -0.829. The third-order valence-electron chi connectivity index (χ3n) is 4.73. The molecule has 20 heavy (non-hydrogen) atoms. The second kappa shape index (κ2) is 6.60. The molecule has 0 bridgehead atoms. The van der Waals surface area contributed by atoms with E-state index < -0.39 is 5.54 Å². The molecule has 0 spiro atoms. The summed E-state index contributed by atoms with van der Waals surface area (Å²) in [4.78, 5) is 12.4. The van der Waals surface area contributed by atoms with Crippen LogP contribution in [0.4, 0.5) is 0 Å². The van der Waals surface area contributed by atoms with Crippen molar-refractivity contribution in [1.82, 2.24) is 5.32 Å². The predicted octanol–water partition coefficient (Wildman–Crippen LogP) is 1.24. The van der Waals surface area contributed by atoms with Crippen molar-refractivity contribution < 1.29 is 14.3 Å². The summed E-state index contributed by atoms with van der Waals surface area (Å²) in [5, 5.41) is 3.04. The fourth-order valence-corrected chi connectivity index (χ4v) is 2.99.